The number of halogens is 1. The maximum Gasteiger partial charge on any atom is 0.265 e. The number of carbonyl (C=O) groups excluding carboxylic acids is 1. The van der Waals surface area contributed by atoms with Gasteiger partial charge in [0, 0.05) is 26.2 Å². The van der Waals surface area contributed by atoms with Crippen LogP contribution in [0, 0.1) is 0 Å². The van der Waals surface area contributed by atoms with Crippen LogP contribution >= 0.6 is 23.7 Å². The first-order valence-corrected chi connectivity index (χ1v) is 6.66. The van der Waals surface area contributed by atoms with Crippen molar-refractivity contribution in [3.63, 3.8) is 0 Å². The van der Waals surface area contributed by atoms with Gasteiger partial charge in [0.15, 0.2) is 10.8 Å². The molecule has 3 heterocycles. The lowest BCUT2D eigenvalue weighted by Gasteiger charge is -2.26. The predicted octanol–water partition coefficient (Wildman–Crippen LogP) is 1.87. The maximum absolute atomic E-state index is 12.2. The number of carbonyl (C=O) groups is 1. The number of thiazole rings is 1. The average molecular weight is 300 g/mol. The van der Waals surface area contributed by atoms with Crippen molar-refractivity contribution in [3.8, 4) is 10.8 Å². The van der Waals surface area contributed by atoms with Crippen LogP contribution in [-0.2, 0) is 0 Å². The van der Waals surface area contributed by atoms with Gasteiger partial charge in [0.2, 0.25) is 0 Å². The van der Waals surface area contributed by atoms with Crippen molar-refractivity contribution in [1.29, 1.82) is 0 Å². The molecule has 0 atom stereocenters. The zero-order chi connectivity index (χ0) is 12.4. The molecule has 0 saturated carbocycles. The highest BCUT2D eigenvalue weighted by Gasteiger charge is 2.20. The molecule has 1 saturated heterocycles. The molecule has 1 N–H and O–H groups in total. The van der Waals surface area contributed by atoms with E-state index < -0.39 is 0 Å². The summed E-state index contributed by atoms with van der Waals surface area (Å²) in [6.45, 7) is 3.23. The molecule has 102 valence electrons. The van der Waals surface area contributed by atoms with Gasteiger partial charge in [-0.25, -0.2) is 4.98 Å². The van der Waals surface area contributed by atoms with Crippen LogP contribution in [0.3, 0.4) is 0 Å². The van der Waals surface area contributed by atoms with Crippen LogP contribution in [0.4, 0.5) is 0 Å². The Morgan fingerprint density at radius 3 is 2.89 bits per heavy atom. The molecule has 0 aliphatic carbocycles. The van der Waals surface area contributed by atoms with Crippen molar-refractivity contribution in [2.75, 3.05) is 26.2 Å². The molecular weight excluding hydrogens is 286 g/mol. The lowest BCUT2D eigenvalue weighted by atomic mass is 10.3. The molecule has 5 nitrogen and oxygen atoms in total. The van der Waals surface area contributed by atoms with E-state index in [1.165, 1.54) is 11.3 Å². The molecule has 2 aromatic rings. The molecule has 0 radical (unpaired) electrons. The van der Waals surface area contributed by atoms with Crippen molar-refractivity contribution in [2.45, 2.75) is 0 Å². The molecule has 0 unspecified atom stereocenters. The number of aromatic nitrogens is 1. The smallest absolute Gasteiger partial charge is 0.265 e. The van der Waals surface area contributed by atoms with Gasteiger partial charge in [0.05, 0.1) is 12.5 Å². The van der Waals surface area contributed by atoms with E-state index in [-0.39, 0.29) is 18.3 Å². The molecular formula is C12H14ClN3O2S. The fourth-order valence-electron chi connectivity index (χ4n) is 1.91. The van der Waals surface area contributed by atoms with E-state index in [1.54, 1.807) is 12.5 Å². The first-order valence-electron chi connectivity index (χ1n) is 5.84. The van der Waals surface area contributed by atoms with Gasteiger partial charge in [-0.05, 0) is 12.1 Å². The Morgan fingerprint density at radius 2 is 2.21 bits per heavy atom. The topological polar surface area (TPSA) is 58.4 Å². The molecule has 2 aromatic heterocycles. The summed E-state index contributed by atoms with van der Waals surface area (Å²) in [6.07, 6.45) is 3.24. The maximum atomic E-state index is 12.2. The van der Waals surface area contributed by atoms with Crippen LogP contribution in [0.15, 0.2) is 29.0 Å². The normalized spacial score (nSPS) is 15.1. The number of hydrogen-bond donors (Lipinski definition) is 1. The molecule has 1 amide bonds. The largest absolute Gasteiger partial charge is 0.462 e. The van der Waals surface area contributed by atoms with Crippen molar-refractivity contribution < 1.29 is 9.21 Å². The lowest BCUT2D eigenvalue weighted by Crippen LogP contribution is -2.46. The second kappa shape index (κ2) is 6.18. The molecule has 3 rings (SSSR count). The van der Waals surface area contributed by atoms with E-state index in [9.17, 15) is 4.79 Å². The fourth-order valence-corrected chi connectivity index (χ4v) is 2.76. The number of nitrogens with zero attached hydrogens (tertiary/aromatic N) is 2. The van der Waals surface area contributed by atoms with Crippen LogP contribution < -0.4 is 5.32 Å². The summed E-state index contributed by atoms with van der Waals surface area (Å²) in [5.41, 5.74) is 0. The van der Waals surface area contributed by atoms with Gasteiger partial charge in [0.25, 0.3) is 5.91 Å². The van der Waals surface area contributed by atoms with Gasteiger partial charge in [-0.3, -0.25) is 4.79 Å². The summed E-state index contributed by atoms with van der Waals surface area (Å²) < 4.78 is 5.27. The van der Waals surface area contributed by atoms with Crippen LogP contribution in [0.1, 0.15) is 9.67 Å². The zero-order valence-electron chi connectivity index (χ0n) is 10.2. The summed E-state index contributed by atoms with van der Waals surface area (Å²) in [5, 5.41) is 3.98. The molecule has 1 aliphatic heterocycles. The second-order valence-corrected chi connectivity index (χ2v) is 5.08. The van der Waals surface area contributed by atoms with Crippen LogP contribution in [0.5, 0.6) is 0 Å². The Morgan fingerprint density at radius 1 is 1.42 bits per heavy atom. The van der Waals surface area contributed by atoms with Crippen molar-refractivity contribution >= 4 is 29.7 Å². The average Bonchev–Trinajstić information content (AvgIpc) is 3.09. The summed E-state index contributed by atoms with van der Waals surface area (Å²) >= 11 is 1.38. The third kappa shape index (κ3) is 2.97. The van der Waals surface area contributed by atoms with E-state index in [0.29, 0.717) is 10.6 Å². The molecule has 1 aliphatic rings. The van der Waals surface area contributed by atoms with Crippen LogP contribution in [0.2, 0.25) is 0 Å². The zero-order valence-corrected chi connectivity index (χ0v) is 11.8. The van der Waals surface area contributed by atoms with Crippen LogP contribution in [0.25, 0.3) is 10.8 Å². The summed E-state index contributed by atoms with van der Waals surface area (Å²) in [4.78, 5) is 19.0. The van der Waals surface area contributed by atoms with Gasteiger partial charge in [-0.2, -0.15) is 0 Å². The lowest BCUT2D eigenvalue weighted by molar-refractivity contribution is 0.0740. The fraction of sp³-hybridized carbons (Fsp3) is 0.333. The van der Waals surface area contributed by atoms with Gasteiger partial charge in [-0.1, -0.05) is 0 Å². The van der Waals surface area contributed by atoms with Crippen molar-refractivity contribution in [1.82, 2.24) is 15.2 Å². The minimum atomic E-state index is 0. The molecule has 19 heavy (non-hydrogen) atoms. The van der Waals surface area contributed by atoms with E-state index >= 15 is 0 Å². The Kier molecular flexibility index (Phi) is 4.57. The Hall–Kier alpha value is -1.37. The van der Waals surface area contributed by atoms with E-state index in [1.807, 2.05) is 17.0 Å². The predicted molar refractivity (Wildman–Crippen MR) is 75.8 cm³/mol. The summed E-state index contributed by atoms with van der Waals surface area (Å²) in [5.74, 6) is 0.770. The third-order valence-corrected chi connectivity index (χ3v) is 3.85. The minimum absolute atomic E-state index is 0. The first kappa shape index (κ1) is 14.0. The van der Waals surface area contributed by atoms with Crippen molar-refractivity contribution in [3.05, 3.63) is 29.5 Å². The number of nitrogens with one attached hydrogen (secondary N) is 1. The number of amides is 1. The molecule has 0 bridgehead atoms. The highest BCUT2D eigenvalue weighted by molar-refractivity contribution is 7.16. The van der Waals surface area contributed by atoms with E-state index in [0.717, 1.165) is 31.2 Å². The van der Waals surface area contributed by atoms with Gasteiger partial charge in [0.1, 0.15) is 4.88 Å². The van der Waals surface area contributed by atoms with Crippen LogP contribution in [-0.4, -0.2) is 42.0 Å². The SMILES string of the molecule is Cl.O=C(c1cnc(-c2ccco2)s1)N1CCNCC1. The molecule has 0 spiro atoms. The second-order valence-electron chi connectivity index (χ2n) is 4.05. The monoisotopic (exact) mass is 299 g/mol. The highest BCUT2D eigenvalue weighted by Crippen LogP contribution is 2.26. The Bertz CT molecular complexity index is 535. The number of hydrogen-bond acceptors (Lipinski definition) is 5. The Balaban J connectivity index is 0.00000133. The number of rotatable bonds is 2. The van der Waals surface area contributed by atoms with Crippen molar-refractivity contribution in [2.24, 2.45) is 0 Å². The number of furan rings is 1. The molecule has 7 heteroatoms. The first-order chi connectivity index (χ1) is 8.84. The molecule has 0 aromatic carbocycles. The summed E-state index contributed by atoms with van der Waals surface area (Å²) in [7, 11) is 0. The van der Waals surface area contributed by atoms with E-state index in [2.05, 4.69) is 10.3 Å². The number of piperazine rings is 1. The standard InChI is InChI=1S/C12H13N3O2S.ClH/c16-12(15-5-3-13-4-6-15)10-8-14-11(18-10)9-2-1-7-17-9;/h1-2,7-8,13H,3-6H2;1H. The van der Waals surface area contributed by atoms with Gasteiger partial charge >= 0.3 is 0 Å². The van der Waals surface area contributed by atoms with E-state index in [4.69, 9.17) is 4.42 Å². The van der Waals surface area contributed by atoms with Gasteiger partial charge < -0.3 is 14.6 Å². The Labute approximate surface area is 121 Å². The van der Waals surface area contributed by atoms with Gasteiger partial charge in [-0.15, -0.1) is 23.7 Å². The minimum Gasteiger partial charge on any atom is -0.462 e. The highest BCUT2D eigenvalue weighted by atomic mass is 35.5. The molecule has 1 fully saturated rings. The summed E-state index contributed by atoms with van der Waals surface area (Å²) in [6, 6.07) is 3.66. The quantitative estimate of drug-likeness (QED) is 0.920. The third-order valence-electron chi connectivity index (χ3n) is 2.85.